The van der Waals surface area contributed by atoms with Crippen molar-refractivity contribution in [3.8, 4) is 0 Å². The van der Waals surface area contributed by atoms with Crippen molar-refractivity contribution >= 4 is 29.1 Å². The van der Waals surface area contributed by atoms with Gasteiger partial charge in [0.05, 0.1) is 11.9 Å². The van der Waals surface area contributed by atoms with Crippen molar-refractivity contribution in [1.29, 1.82) is 0 Å². The Morgan fingerprint density at radius 3 is 2.67 bits per heavy atom. The Balaban J connectivity index is 2.14. The van der Waals surface area contributed by atoms with Gasteiger partial charge in [-0.3, -0.25) is 9.89 Å². The van der Waals surface area contributed by atoms with Gasteiger partial charge < -0.3 is 10.1 Å². The summed E-state index contributed by atoms with van der Waals surface area (Å²) in [5.41, 5.74) is 0.0362. The van der Waals surface area contributed by atoms with E-state index in [0.29, 0.717) is 5.69 Å². The van der Waals surface area contributed by atoms with Crippen molar-refractivity contribution < 1.29 is 14.3 Å². The molecule has 0 aliphatic rings. The van der Waals surface area contributed by atoms with E-state index in [4.69, 9.17) is 4.74 Å². The summed E-state index contributed by atoms with van der Waals surface area (Å²) >= 11 is 1.24. The second kappa shape index (κ2) is 5.65. The number of nitrogens with one attached hydrogen (secondary N) is 2. The molecule has 0 radical (unpaired) electrons. The molecule has 0 bridgehead atoms. The van der Waals surface area contributed by atoms with Crippen molar-refractivity contribution in [1.82, 2.24) is 14.6 Å². The molecule has 0 aliphatic carbocycles. The lowest BCUT2D eigenvalue weighted by atomic mass is 10.2. The van der Waals surface area contributed by atoms with Crippen LogP contribution < -0.4 is 5.32 Å². The van der Waals surface area contributed by atoms with Gasteiger partial charge >= 0.3 is 5.97 Å². The van der Waals surface area contributed by atoms with Gasteiger partial charge in [-0.25, -0.2) is 4.79 Å². The van der Waals surface area contributed by atoms with Gasteiger partial charge in [0.2, 0.25) is 0 Å². The molecule has 0 atom stereocenters. The Morgan fingerprint density at radius 1 is 1.38 bits per heavy atom. The molecule has 2 aromatic rings. The molecule has 1 amide bonds. The highest BCUT2D eigenvalue weighted by atomic mass is 32.1. The maximum absolute atomic E-state index is 12.0. The van der Waals surface area contributed by atoms with Crippen LogP contribution in [0, 0.1) is 6.92 Å². The number of aromatic nitrogens is 3. The number of carbonyl (C=O) groups excluding carboxylic acids is 2. The fraction of sp³-hybridized carbons (Fsp3) is 0.385. The lowest BCUT2D eigenvalue weighted by Gasteiger charge is -2.19. The third-order valence-electron chi connectivity index (χ3n) is 2.35. The van der Waals surface area contributed by atoms with E-state index in [1.807, 2.05) is 6.92 Å². The van der Waals surface area contributed by atoms with Crippen LogP contribution in [0.5, 0.6) is 0 Å². The van der Waals surface area contributed by atoms with Crippen LogP contribution in [0.3, 0.4) is 0 Å². The summed E-state index contributed by atoms with van der Waals surface area (Å²) in [7, 11) is 0. The molecule has 0 fully saturated rings. The number of H-pyrrole nitrogens is 1. The van der Waals surface area contributed by atoms with Crippen molar-refractivity contribution in [2.45, 2.75) is 33.3 Å². The number of ether oxygens (including phenoxy) is 1. The highest BCUT2D eigenvalue weighted by Gasteiger charge is 2.23. The quantitative estimate of drug-likeness (QED) is 0.848. The molecule has 0 unspecified atom stereocenters. The molecule has 0 aliphatic heterocycles. The molecular formula is C13H16N4O3S. The summed E-state index contributed by atoms with van der Waals surface area (Å²) < 4.78 is 9.25. The molecular weight excluding hydrogens is 292 g/mol. The normalized spacial score (nSPS) is 11.2. The zero-order chi connectivity index (χ0) is 15.6. The number of hydrogen-bond acceptors (Lipinski definition) is 6. The molecule has 2 N–H and O–H groups in total. The van der Waals surface area contributed by atoms with Crippen molar-refractivity contribution in [3.63, 3.8) is 0 Å². The van der Waals surface area contributed by atoms with Crippen molar-refractivity contribution in [3.05, 3.63) is 28.5 Å². The summed E-state index contributed by atoms with van der Waals surface area (Å²) in [6.45, 7) is 7.14. The van der Waals surface area contributed by atoms with Crippen LogP contribution >= 0.6 is 11.5 Å². The monoisotopic (exact) mass is 308 g/mol. The SMILES string of the molecule is Cc1cc(C(=O)Nc2cn[nH]c2C(=O)OC(C)(C)C)ns1. The smallest absolute Gasteiger partial charge is 0.359 e. The van der Waals surface area contributed by atoms with E-state index in [9.17, 15) is 9.59 Å². The van der Waals surface area contributed by atoms with E-state index in [0.717, 1.165) is 4.88 Å². The number of aromatic amines is 1. The predicted molar refractivity (Wildman–Crippen MR) is 78.6 cm³/mol. The van der Waals surface area contributed by atoms with Crippen LogP contribution in [0.1, 0.15) is 46.6 Å². The Labute approximate surface area is 125 Å². The van der Waals surface area contributed by atoms with E-state index in [1.54, 1.807) is 26.8 Å². The van der Waals surface area contributed by atoms with E-state index >= 15 is 0 Å². The lowest BCUT2D eigenvalue weighted by Crippen LogP contribution is -2.25. The van der Waals surface area contributed by atoms with E-state index in [-0.39, 0.29) is 11.4 Å². The maximum Gasteiger partial charge on any atom is 0.359 e. The van der Waals surface area contributed by atoms with Crippen molar-refractivity contribution in [2.75, 3.05) is 5.32 Å². The molecule has 0 aromatic carbocycles. The summed E-state index contributed by atoms with van der Waals surface area (Å²) in [5.74, 6) is -0.977. The van der Waals surface area contributed by atoms with E-state index in [1.165, 1.54) is 17.7 Å². The summed E-state index contributed by atoms with van der Waals surface area (Å²) in [6.07, 6.45) is 1.36. The van der Waals surface area contributed by atoms with Crippen molar-refractivity contribution in [2.24, 2.45) is 0 Å². The average molecular weight is 308 g/mol. The van der Waals surface area contributed by atoms with Crippen LogP contribution in [0.15, 0.2) is 12.3 Å². The maximum atomic E-state index is 12.0. The molecule has 2 heterocycles. The number of hydrogen-bond donors (Lipinski definition) is 2. The van der Waals surface area contributed by atoms with Gasteiger partial charge in [-0.1, -0.05) is 0 Å². The topological polar surface area (TPSA) is 97.0 Å². The minimum atomic E-state index is -0.629. The Hall–Kier alpha value is -2.22. The molecule has 0 spiro atoms. The van der Waals surface area contributed by atoms with Gasteiger partial charge in [0.1, 0.15) is 11.3 Å². The van der Waals surface area contributed by atoms with Gasteiger partial charge in [-0.15, -0.1) is 0 Å². The van der Waals surface area contributed by atoms with Gasteiger partial charge in [0.25, 0.3) is 5.91 Å². The molecule has 2 rings (SSSR count). The fourth-order valence-electron chi connectivity index (χ4n) is 1.53. The molecule has 7 nitrogen and oxygen atoms in total. The first-order chi connectivity index (χ1) is 9.76. The standard InChI is InChI=1S/C13H16N4O3S/c1-7-5-8(17-21-7)11(18)15-9-6-14-16-10(9)12(19)20-13(2,3)4/h5-6H,1-4H3,(H,14,16)(H,15,18). The van der Waals surface area contributed by atoms with Crippen LogP contribution in [-0.4, -0.2) is 32.0 Å². The van der Waals surface area contributed by atoms with Gasteiger partial charge in [-0.05, 0) is 45.3 Å². The van der Waals surface area contributed by atoms with E-state index < -0.39 is 17.5 Å². The third-order valence-corrected chi connectivity index (χ3v) is 3.04. The number of anilines is 1. The molecule has 21 heavy (non-hydrogen) atoms. The Bertz CT molecular complexity index is 669. The number of amides is 1. The van der Waals surface area contributed by atoms with Gasteiger partial charge in [0.15, 0.2) is 5.69 Å². The second-order valence-corrected chi connectivity index (χ2v) is 6.45. The Kier molecular flexibility index (Phi) is 4.08. The van der Waals surface area contributed by atoms with Gasteiger partial charge in [-0.2, -0.15) is 9.47 Å². The number of nitrogens with zero attached hydrogens (tertiary/aromatic N) is 2. The average Bonchev–Trinajstić information content (AvgIpc) is 2.95. The van der Waals surface area contributed by atoms with Gasteiger partial charge in [0, 0.05) is 4.88 Å². The minimum Gasteiger partial charge on any atom is -0.455 e. The summed E-state index contributed by atoms with van der Waals surface area (Å²) in [4.78, 5) is 25.0. The first-order valence-corrected chi connectivity index (χ1v) is 7.05. The van der Waals surface area contributed by atoms with Crippen LogP contribution in [0.2, 0.25) is 0 Å². The van der Waals surface area contributed by atoms with Crippen LogP contribution in [0.25, 0.3) is 0 Å². The highest BCUT2D eigenvalue weighted by molar-refractivity contribution is 7.05. The number of carbonyl (C=O) groups is 2. The minimum absolute atomic E-state index is 0.102. The molecule has 2 aromatic heterocycles. The zero-order valence-electron chi connectivity index (χ0n) is 12.2. The summed E-state index contributed by atoms with van der Waals surface area (Å²) in [6, 6.07) is 1.67. The number of esters is 1. The largest absolute Gasteiger partial charge is 0.455 e. The second-order valence-electron chi connectivity index (χ2n) is 5.44. The number of aryl methyl sites for hydroxylation is 1. The Morgan fingerprint density at radius 2 is 2.10 bits per heavy atom. The highest BCUT2D eigenvalue weighted by Crippen LogP contribution is 2.18. The first-order valence-electron chi connectivity index (χ1n) is 6.27. The zero-order valence-corrected chi connectivity index (χ0v) is 13.0. The molecule has 8 heteroatoms. The van der Waals surface area contributed by atoms with E-state index in [2.05, 4.69) is 19.9 Å². The predicted octanol–water partition coefficient (Wildman–Crippen LogP) is 2.38. The molecule has 0 saturated heterocycles. The van der Waals surface area contributed by atoms with Crippen LogP contribution in [0.4, 0.5) is 5.69 Å². The number of rotatable bonds is 3. The fourth-order valence-corrected chi connectivity index (χ4v) is 2.07. The molecule has 0 saturated carbocycles. The third kappa shape index (κ3) is 3.88. The first kappa shape index (κ1) is 15.2. The van der Waals surface area contributed by atoms with Crippen LogP contribution in [-0.2, 0) is 4.74 Å². The lowest BCUT2D eigenvalue weighted by molar-refractivity contribution is 0.00641. The summed E-state index contributed by atoms with van der Waals surface area (Å²) in [5, 5.41) is 8.90. The molecule has 112 valence electrons.